The minimum Gasteiger partial charge on any atom is -0.508 e. The van der Waals surface area contributed by atoms with Crippen LogP contribution >= 0.6 is 0 Å². The third kappa shape index (κ3) is 3.48. The van der Waals surface area contributed by atoms with Crippen LogP contribution in [0.3, 0.4) is 0 Å². The van der Waals surface area contributed by atoms with Crippen LogP contribution in [0.5, 0.6) is 5.75 Å². The summed E-state index contributed by atoms with van der Waals surface area (Å²) in [5.74, 6) is -1.17. The summed E-state index contributed by atoms with van der Waals surface area (Å²) >= 11 is 0. The van der Waals surface area contributed by atoms with Gasteiger partial charge in [0.25, 0.3) is 0 Å². The smallest absolute Gasteiger partial charge is 0.303 e. The number of benzene rings is 1. The van der Waals surface area contributed by atoms with E-state index in [0.29, 0.717) is 12.2 Å². The summed E-state index contributed by atoms with van der Waals surface area (Å²) < 4.78 is 0. The molecule has 0 radical (unpaired) electrons. The lowest BCUT2D eigenvalue weighted by molar-refractivity contribution is -0.138. The number of carbonyl (C=O) groups is 2. The first-order chi connectivity index (χ1) is 8.45. The average Bonchev–Trinajstić information content (AvgIpc) is 2.32. The van der Waals surface area contributed by atoms with Crippen molar-refractivity contribution in [1.29, 1.82) is 0 Å². The summed E-state index contributed by atoms with van der Waals surface area (Å²) in [6, 6.07) is 4.78. The van der Waals surface area contributed by atoms with Crippen LogP contribution in [-0.4, -0.2) is 28.6 Å². The predicted molar refractivity (Wildman–Crippen MR) is 67.7 cm³/mol. The van der Waals surface area contributed by atoms with Gasteiger partial charge in [-0.05, 0) is 25.5 Å². The van der Waals surface area contributed by atoms with Gasteiger partial charge >= 0.3 is 5.97 Å². The van der Waals surface area contributed by atoms with Crippen LogP contribution in [0.25, 0.3) is 0 Å². The molecule has 0 bridgehead atoms. The van der Waals surface area contributed by atoms with E-state index < -0.39 is 5.97 Å². The fourth-order valence-corrected chi connectivity index (χ4v) is 1.72. The van der Waals surface area contributed by atoms with Crippen molar-refractivity contribution in [2.75, 3.05) is 11.4 Å². The molecule has 0 saturated carbocycles. The molecule has 2 N–H and O–H groups in total. The molecule has 1 rings (SSSR count). The van der Waals surface area contributed by atoms with Gasteiger partial charge in [-0.25, -0.2) is 0 Å². The molecule has 0 aromatic heterocycles. The van der Waals surface area contributed by atoms with Crippen molar-refractivity contribution in [3.05, 3.63) is 23.8 Å². The Hall–Kier alpha value is -2.04. The first kappa shape index (κ1) is 14.0. The van der Waals surface area contributed by atoms with E-state index >= 15 is 0 Å². The number of anilines is 1. The molecule has 0 aliphatic heterocycles. The highest BCUT2D eigenvalue weighted by Crippen LogP contribution is 2.25. The zero-order valence-electron chi connectivity index (χ0n) is 10.5. The Morgan fingerprint density at radius 1 is 1.28 bits per heavy atom. The minimum atomic E-state index is -0.993. The number of amides is 1. The van der Waals surface area contributed by atoms with Gasteiger partial charge in [0.2, 0.25) is 5.91 Å². The maximum absolute atomic E-state index is 11.9. The van der Waals surface area contributed by atoms with Gasteiger partial charge in [0.15, 0.2) is 0 Å². The Labute approximate surface area is 106 Å². The van der Waals surface area contributed by atoms with Crippen molar-refractivity contribution in [3.63, 3.8) is 0 Å². The van der Waals surface area contributed by atoms with E-state index in [1.165, 1.54) is 11.0 Å². The zero-order valence-corrected chi connectivity index (χ0v) is 10.5. The summed E-state index contributed by atoms with van der Waals surface area (Å²) in [5, 5.41) is 18.0. The number of hydrogen-bond acceptors (Lipinski definition) is 3. The van der Waals surface area contributed by atoms with Crippen LogP contribution in [0.2, 0.25) is 0 Å². The number of phenolic OH excluding ortho intramolecular Hbond substituents is 1. The molecular formula is C13H17NO4. The molecule has 0 unspecified atom stereocenters. The number of hydrogen-bond donors (Lipinski definition) is 2. The van der Waals surface area contributed by atoms with Crippen molar-refractivity contribution in [3.8, 4) is 5.75 Å². The van der Waals surface area contributed by atoms with Crippen LogP contribution in [0.4, 0.5) is 5.69 Å². The zero-order chi connectivity index (χ0) is 13.7. The number of rotatable bonds is 5. The number of carbonyl (C=O) groups excluding carboxylic acids is 1. The van der Waals surface area contributed by atoms with Crippen LogP contribution < -0.4 is 4.90 Å². The lowest BCUT2D eigenvalue weighted by Gasteiger charge is -2.23. The SMILES string of the molecule is CCN(C(=O)CCC(=O)O)c1cc(O)ccc1C. The van der Waals surface area contributed by atoms with Gasteiger partial charge in [0.05, 0.1) is 12.1 Å². The Bertz CT molecular complexity index is 456. The molecule has 0 fully saturated rings. The Kier molecular flexibility index (Phi) is 4.71. The monoisotopic (exact) mass is 251 g/mol. The molecule has 1 aromatic carbocycles. The highest BCUT2D eigenvalue weighted by Gasteiger charge is 2.17. The molecule has 5 heteroatoms. The average molecular weight is 251 g/mol. The maximum atomic E-state index is 11.9. The molecule has 1 aromatic rings. The fraction of sp³-hybridized carbons (Fsp3) is 0.385. The third-order valence-corrected chi connectivity index (χ3v) is 2.65. The topological polar surface area (TPSA) is 77.8 Å². The summed E-state index contributed by atoms with van der Waals surface area (Å²) in [4.78, 5) is 23.9. The number of carboxylic acids is 1. The van der Waals surface area contributed by atoms with Gasteiger partial charge in [0.1, 0.15) is 5.75 Å². The fourth-order valence-electron chi connectivity index (χ4n) is 1.72. The number of aryl methyl sites for hydroxylation is 1. The Morgan fingerprint density at radius 2 is 1.94 bits per heavy atom. The maximum Gasteiger partial charge on any atom is 0.303 e. The number of carboxylic acid groups (broad SMARTS) is 1. The Morgan fingerprint density at radius 3 is 2.50 bits per heavy atom. The Balaban J connectivity index is 2.91. The minimum absolute atomic E-state index is 0.0434. The predicted octanol–water partition coefficient (Wildman–Crippen LogP) is 1.92. The van der Waals surface area contributed by atoms with Crippen molar-refractivity contribution in [2.45, 2.75) is 26.7 Å². The first-order valence-corrected chi connectivity index (χ1v) is 5.77. The van der Waals surface area contributed by atoms with Crippen LogP contribution in [0.1, 0.15) is 25.3 Å². The van der Waals surface area contributed by atoms with E-state index in [1.54, 1.807) is 12.1 Å². The van der Waals surface area contributed by atoms with Crippen molar-refractivity contribution < 1.29 is 19.8 Å². The van der Waals surface area contributed by atoms with Gasteiger partial charge in [-0.15, -0.1) is 0 Å². The second-order valence-corrected chi connectivity index (χ2v) is 4.00. The van der Waals surface area contributed by atoms with Gasteiger partial charge in [-0.2, -0.15) is 0 Å². The van der Waals surface area contributed by atoms with E-state index in [4.69, 9.17) is 5.11 Å². The molecule has 98 valence electrons. The van der Waals surface area contributed by atoms with Gasteiger partial charge in [-0.3, -0.25) is 9.59 Å². The standard InChI is InChI=1S/C13H17NO4/c1-3-14(12(16)6-7-13(17)18)11-8-10(15)5-4-9(11)2/h4-5,8,15H,3,6-7H2,1-2H3,(H,17,18). The lowest BCUT2D eigenvalue weighted by Crippen LogP contribution is -2.31. The summed E-state index contributed by atoms with van der Waals surface area (Å²) in [5.41, 5.74) is 1.48. The highest BCUT2D eigenvalue weighted by atomic mass is 16.4. The third-order valence-electron chi connectivity index (χ3n) is 2.65. The molecule has 0 heterocycles. The van der Waals surface area contributed by atoms with E-state index in [2.05, 4.69) is 0 Å². The van der Waals surface area contributed by atoms with Crippen molar-refractivity contribution >= 4 is 17.6 Å². The normalized spacial score (nSPS) is 10.1. The molecule has 1 amide bonds. The molecule has 0 spiro atoms. The second kappa shape index (κ2) is 6.05. The molecule has 0 atom stereocenters. The number of aliphatic carboxylic acids is 1. The van der Waals surface area contributed by atoms with Crippen molar-refractivity contribution in [1.82, 2.24) is 0 Å². The summed E-state index contributed by atoms with van der Waals surface area (Å²) in [6.45, 7) is 4.08. The lowest BCUT2D eigenvalue weighted by atomic mass is 10.1. The van der Waals surface area contributed by atoms with E-state index in [9.17, 15) is 14.7 Å². The van der Waals surface area contributed by atoms with E-state index in [1.807, 2.05) is 13.8 Å². The van der Waals surface area contributed by atoms with E-state index in [0.717, 1.165) is 5.56 Å². The van der Waals surface area contributed by atoms with Crippen LogP contribution in [0.15, 0.2) is 18.2 Å². The molecule has 0 saturated heterocycles. The second-order valence-electron chi connectivity index (χ2n) is 4.00. The molecule has 0 aliphatic carbocycles. The van der Waals surface area contributed by atoms with Gasteiger partial charge in [0, 0.05) is 19.0 Å². The van der Waals surface area contributed by atoms with Gasteiger partial charge in [-0.1, -0.05) is 6.07 Å². The molecule has 0 aliphatic rings. The molecular weight excluding hydrogens is 234 g/mol. The van der Waals surface area contributed by atoms with Crippen LogP contribution in [-0.2, 0) is 9.59 Å². The van der Waals surface area contributed by atoms with E-state index in [-0.39, 0.29) is 24.5 Å². The summed E-state index contributed by atoms with van der Waals surface area (Å²) in [6.07, 6.45) is -0.231. The van der Waals surface area contributed by atoms with Crippen LogP contribution in [0, 0.1) is 6.92 Å². The van der Waals surface area contributed by atoms with Gasteiger partial charge < -0.3 is 15.1 Å². The number of aromatic hydroxyl groups is 1. The highest BCUT2D eigenvalue weighted by molar-refractivity contribution is 5.95. The number of nitrogens with zero attached hydrogens (tertiary/aromatic N) is 1. The van der Waals surface area contributed by atoms with Crippen molar-refractivity contribution in [2.24, 2.45) is 0 Å². The largest absolute Gasteiger partial charge is 0.508 e. The molecule has 5 nitrogen and oxygen atoms in total. The quantitative estimate of drug-likeness (QED) is 0.838. The number of phenols is 1. The molecule has 18 heavy (non-hydrogen) atoms. The summed E-state index contributed by atoms with van der Waals surface area (Å²) in [7, 11) is 0. The first-order valence-electron chi connectivity index (χ1n) is 5.77.